The minimum atomic E-state index is -0.198. The average Bonchev–Trinajstić information content (AvgIpc) is 3.36. The molecule has 9 heteroatoms. The fraction of sp³-hybridized carbons (Fsp3) is 0.250. The van der Waals surface area contributed by atoms with Gasteiger partial charge in [0, 0.05) is 43.1 Å². The predicted molar refractivity (Wildman–Crippen MR) is 132 cm³/mol. The van der Waals surface area contributed by atoms with Crippen LogP contribution in [0, 0.1) is 0 Å². The van der Waals surface area contributed by atoms with Gasteiger partial charge in [0.1, 0.15) is 0 Å². The molecule has 8 nitrogen and oxygen atoms in total. The monoisotopic (exact) mass is 463 g/mol. The van der Waals surface area contributed by atoms with Crippen molar-refractivity contribution in [3.63, 3.8) is 0 Å². The summed E-state index contributed by atoms with van der Waals surface area (Å²) in [6, 6.07) is 15.0. The lowest BCUT2D eigenvalue weighted by atomic mass is 10.1. The number of benzene rings is 2. The highest BCUT2D eigenvalue weighted by atomic mass is 32.1. The van der Waals surface area contributed by atoms with Gasteiger partial charge in [-0.1, -0.05) is 31.2 Å². The lowest BCUT2D eigenvalue weighted by molar-refractivity contribution is -0.116. The number of para-hydroxylation sites is 2. The molecule has 2 amide bonds. The number of fused-ring (bicyclic) bond motifs is 1. The van der Waals surface area contributed by atoms with Crippen LogP contribution in [0.3, 0.4) is 0 Å². The van der Waals surface area contributed by atoms with Gasteiger partial charge in [-0.15, -0.1) is 11.3 Å². The molecule has 2 aromatic carbocycles. The molecule has 0 spiro atoms. The van der Waals surface area contributed by atoms with Crippen molar-refractivity contribution in [2.24, 2.45) is 0 Å². The van der Waals surface area contributed by atoms with Gasteiger partial charge in [-0.25, -0.2) is 9.78 Å². The predicted octanol–water partition coefficient (Wildman–Crippen LogP) is 4.32. The van der Waals surface area contributed by atoms with Crippen LogP contribution in [0.15, 0.2) is 58.7 Å². The summed E-state index contributed by atoms with van der Waals surface area (Å²) in [5.41, 5.74) is 3.97. The second-order valence-corrected chi connectivity index (χ2v) is 8.53. The molecule has 0 aliphatic rings. The zero-order valence-electron chi connectivity index (χ0n) is 18.5. The normalized spacial score (nSPS) is 11.0. The summed E-state index contributed by atoms with van der Waals surface area (Å²) in [6.45, 7) is 4.44. The zero-order valence-corrected chi connectivity index (χ0v) is 19.3. The number of rotatable bonds is 8. The van der Waals surface area contributed by atoms with Crippen LogP contribution in [-0.2, 0) is 22.7 Å². The topological polar surface area (TPSA) is 98.0 Å². The fourth-order valence-electron chi connectivity index (χ4n) is 3.71. The maximum absolute atomic E-state index is 12.9. The number of hydrogen-bond acceptors (Lipinski definition) is 5. The summed E-state index contributed by atoms with van der Waals surface area (Å²) in [4.78, 5) is 41.0. The molecule has 0 aliphatic carbocycles. The number of nitrogens with zero attached hydrogens (tertiary/aromatic N) is 3. The Kier molecular flexibility index (Phi) is 6.69. The first-order valence-corrected chi connectivity index (χ1v) is 11.7. The van der Waals surface area contributed by atoms with Crippen molar-refractivity contribution < 1.29 is 9.59 Å². The molecule has 0 atom stereocenters. The van der Waals surface area contributed by atoms with Crippen LogP contribution in [0.5, 0.6) is 0 Å². The summed E-state index contributed by atoms with van der Waals surface area (Å²) >= 11 is 1.34. The second kappa shape index (κ2) is 9.83. The molecule has 0 saturated carbocycles. The molecular weight excluding hydrogens is 438 g/mol. The molecule has 170 valence electrons. The van der Waals surface area contributed by atoms with E-state index in [4.69, 9.17) is 0 Å². The van der Waals surface area contributed by atoms with E-state index in [1.807, 2.05) is 48.7 Å². The molecule has 4 rings (SSSR count). The van der Waals surface area contributed by atoms with Crippen molar-refractivity contribution in [3.8, 4) is 11.3 Å². The molecule has 2 heterocycles. The van der Waals surface area contributed by atoms with E-state index in [9.17, 15) is 14.4 Å². The molecule has 0 fully saturated rings. The van der Waals surface area contributed by atoms with E-state index in [1.54, 1.807) is 21.3 Å². The van der Waals surface area contributed by atoms with Crippen LogP contribution in [-0.4, -0.2) is 25.9 Å². The number of aryl methyl sites for hydroxylation is 2. The highest BCUT2D eigenvalue weighted by Gasteiger charge is 2.14. The van der Waals surface area contributed by atoms with Crippen LogP contribution in [0.1, 0.15) is 26.7 Å². The van der Waals surface area contributed by atoms with Gasteiger partial charge in [-0.05, 0) is 30.7 Å². The van der Waals surface area contributed by atoms with E-state index in [1.165, 1.54) is 18.3 Å². The minimum Gasteiger partial charge on any atom is -0.326 e. The van der Waals surface area contributed by atoms with Crippen molar-refractivity contribution in [2.45, 2.75) is 39.8 Å². The van der Waals surface area contributed by atoms with Gasteiger partial charge in [0.05, 0.1) is 16.7 Å². The van der Waals surface area contributed by atoms with Gasteiger partial charge in [0.15, 0.2) is 5.13 Å². The molecule has 0 radical (unpaired) electrons. The van der Waals surface area contributed by atoms with E-state index in [0.29, 0.717) is 23.9 Å². The lowest BCUT2D eigenvalue weighted by Gasteiger charge is -2.04. The van der Waals surface area contributed by atoms with Crippen LogP contribution >= 0.6 is 11.3 Å². The Morgan fingerprint density at radius 1 is 0.970 bits per heavy atom. The SMILES string of the molecule is CCCn1c(=O)n(CCC(=O)Nc2nc(-c3ccc(NC(C)=O)cc3)cs2)c2ccccc21. The van der Waals surface area contributed by atoms with Crippen molar-refractivity contribution in [1.29, 1.82) is 0 Å². The highest BCUT2D eigenvalue weighted by molar-refractivity contribution is 7.14. The van der Waals surface area contributed by atoms with Crippen molar-refractivity contribution >= 4 is 45.0 Å². The van der Waals surface area contributed by atoms with Gasteiger partial charge in [0.2, 0.25) is 11.8 Å². The minimum absolute atomic E-state index is 0.0925. The second-order valence-electron chi connectivity index (χ2n) is 7.67. The van der Waals surface area contributed by atoms with Gasteiger partial charge < -0.3 is 10.6 Å². The van der Waals surface area contributed by atoms with Gasteiger partial charge >= 0.3 is 5.69 Å². The molecule has 4 aromatic rings. The molecule has 0 saturated heterocycles. The number of imidazole rings is 1. The van der Waals surface area contributed by atoms with E-state index in [0.717, 1.165) is 28.7 Å². The summed E-state index contributed by atoms with van der Waals surface area (Å²) < 4.78 is 3.42. The van der Waals surface area contributed by atoms with Crippen molar-refractivity contribution in [3.05, 3.63) is 64.4 Å². The molecule has 0 bridgehead atoms. The first kappa shape index (κ1) is 22.5. The van der Waals surface area contributed by atoms with E-state index < -0.39 is 0 Å². The number of amides is 2. The van der Waals surface area contributed by atoms with Gasteiger partial charge in [-0.3, -0.25) is 18.7 Å². The number of carbonyl (C=O) groups excluding carboxylic acids is 2. The number of anilines is 2. The van der Waals surface area contributed by atoms with Crippen LogP contribution in [0.2, 0.25) is 0 Å². The van der Waals surface area contributed by atoms with E-state index >= 15 is 0 Å². The average molecular weight is 464 g/mol. The Labute approximate surface area is 194 Å². The van der Waals surface area contributed by atoms with Crippen molar-refractivity contribution in [2.75, 3.05) is 10.6 Å². The standard InChI is InChI=1S/C24H25N5O3S/c1-3-13-28-20-6-4-5-7-21(20)29(24(28)32)14-12-22(31)27-23-26-19(15-33-23)17-8-10-18(11-9-17)25-16(2)30/h4-11,15H,3,12-14H2,1-2H3,(H,25,30)(H,26,27,31). The number of aromatic nitrogens is 3. The van der Waals surface area contributed by atoms with Crippen LogP contribution < -0.4 is 16.3 Å². The third-order valence-corrected chi connectivity index (χ3v) is 5.94. The summed E-state index contributed by atoms with van der Waals surface area (Å²) in [5.74, 6) is -0.324. The Morgan fingerprint density at radius 3 is 2.27 bits per heavy atom. The smallest absolute Gasteiger partial charge is 0.326 e. The molecule has 33 heavy (non-hydrogen) atoms. The van der Waals surface area contributed by atoms with Gasteiger partial charge in [0.25, 0.3) is 0 Å². The molecule has 0 unspecified atom stereocenters. The number of hydrogen-bond donors (Lipinski definition) is 2. The summed E-state index contributed by atoms with van der Waals surface area (Å²) in [5, 5.41) is 7.92. The van der Waals surface area contributed by atoms with Crippen molar-refractivity contribution in [1.82, 2.24) is 14.1 Å². The zero-order chi connectivity index (χ0) is 23.4. The van der Waals surface area contributed by atoms with E-state index in [-0.39, 0.29) is 23.9 Å². The first-order valence-electron chi connectivity index (χ1n) is 10.8. The van der Waals surface area contributed by atoms with Crippen LogP contribution in [0.25, 0.3) is 22.3 Å². The quantitative estimate of drug-likeness (QED) is 0.406. The van der Waals surface area contributed by atoms with Crippen LogP contribution in [0.4, 0.5) is 10.8 Å². The third kappa shape index (κ3) is 5.04. The Hall–Kier alpha value is -3.72. The van der Waals surface area contributed by atoms with Gasteiger partial charge in [-0.2, -0.15) is 0 Å². The largest absolute Gasteiger partial charge is 0.329 e. The van der Waals surface area contributed by atoms with E-state index in [2.05, 4.69) is 15.6 Å². The fourth-order valence-corrected chi connectivity index (χ4v) is 4.45. The number of thiazole rings is 1. The summed E-state index contributed by atoms with van der Waals surface area (Å²) in [6.07, 6.45) is 1.02. The lowest BCUT2D eigenvalue weighted by Crippen LogP contribution is -2.26. The molecule has 0 aliphatic heterocycles. The molecule has 2 aromatic heterocycles. The Balaban J connectivity index is 1.42. The molecular formula is C24H25N5O3S. The molecule has 2 N–H and O–H groups in total. The highest BCUT2D eigenvalue weighted by Crippen LogP contribution is 2.26. The Morgan fingerprint density at radius 2 is 1.64 bits per heavy atom. The summed E-state index contributed by atoms with van der Waals surface area (Å²) in [7, 11) is 0. The maximum atomic E-state index is 12.9. The number of nitrogens with one attached hydrogen (secondary N) is 2. The Bertz CT molecular complexity index is 1350. The maximum Gasteiger partial charge on any atom is 0.329 e. The number of carbonyl (C=O) groups is 2. The third-order valence-electron chi connectivity index (χ3n) is 5.19. The first-order chi connectivity index (χ1) is 16.0.